The number of carbonyl (C=O) groups is 1. The highest BCUT2D eigenvalue weighted by atomic mass is 35.5. The van der Waals surface area contributed by atoms with Crippen molar-refractivity contribution in [3.8, 4) is 0 Å². The van der Waals surface area contributed by atoms with E-state index in [1.165, 1.54) is 12.8 Å². The second-order valence-corrected chi connectivity index (χ2v) is 7.39. The second kappa shape index (κ2) is 8.26. The molecule has 2 aromatic carbocycles. The van der Waals surface area contributed by atoms with Gasteiger partial charge in [0.1, 0.15) is 5.58 Å². The van der Waals surface area contributed by atoms with Gasteiger partial charge in [0.15, 0.2) is 5.76 Å². The standard InChI is InChI=1S/C22H23ClN2O2/c23-18-9-3-2-8-17(18)19(25-11-5-6-12-25)14-24-15-20(26)22-13-16-7-1-4-10-21(16)27-22/h1-4,7-10,13,19,24H,5-6,11-12,14-15H2. The summed E-state index contributed by atoms with van der Waals surface area (Å²) < 4.78 is 5.67. The molecule has 0 saturated carbocycles. The molecule has 140 valence electrons. The zero-order valence-electron chi connectivity index (χ0n) is 15.2. The largest absolute Gasteiger partial charge is 0.453 e. The molecular formula is C22H23ClN2O2. The van der Waals surface area contributed by atoms with Crippen molar-refractivity contribution in [2.45, 2.75) is 18.9 Å². The second-order valence-electron chi connectivity index (χ2n) is 6.98. The molecule has 3 aromatic rings. The number of rotatable bonds is 7. The number of likely N-dealkylation sites (tertiary alicyclic amines) is 1. The van der Waals surface area contributed by atoms with Gasteiger partial charge in [-0.15, -0.1) is 0 Å². The number of nitrogens with one attached hydrogen (secondary N) is 1. The highest BCUT2D eigenvalue weighted by Gasteiger charge is 2.25. The summed E-state index contributed by atoms with van der Waals surface area (Å²) in [5, 5.41) is 5.05. The van der Waals surface area contributed by atoms with Gasteiger partial charge in [-0.3, -0.25) is 9.69 Å². The quantitative estimate of drug-likeness (QED) is 0.602. The fourth-order valence-corrected chi connectivity index (χ4v) is 4.02. The Morgan fingerprint density at radius 2 is 1.85 bits per heavy atom. The number of hydrogen-bond acceptors (Lipinski definition) is 4. The lowest BCUT2D eigenvalue weighted by Crippen LogP contribution is -2.36. The fraction of sp³-hybridized carbons (Fsp3) is 0.318. The zero-order valence-corrected chi connectivity index (χ0v) is 15.9. The molecule has 0 aliphatic carbocycles. The smallest absolute Gasteiger partial charge is 0.211 e. The van der Waals surface area contributed by atoms with Gasteiger partial charge in [-0.1, -0.05) is 48.0 Å². The first-order valence-corrected chi connectivity index (χ1v) is 9.81. The van der Waals surface area contributed by atoms with Crippen molar-refractivity contribution in [3.63, 3.8) is 0 Å². The number of carbonyl (C=O) groups excluding carboxylic acids is 1. The Hall–Kier alpha value is -2.14. The number of para-hydroxylation sites is 1. The van der Waals surface area contributed by atoms with Gasteiger partial charge in [0.05, 0.1) is 6.54 Å². The van der Waals surface area contributed by atoms with Gasteiger partial charge >= 0.3 is 0 Å². The maximum atomic E-state index is 12.5. The number of benzene rings is 2. The minimum atomic E-state index is -0.0365. The molecule has 1 atom stereocenters. The van der Waals surface area contributed by atoms with Crippen LogP contribution in [0, 0.1) is 0 Å². The Bertz CT molecular complexity index is 898. The first-order valence-electron chi connectivity index (χ1n) is 9.43. The van der Waals surface area contributed by atoms with Crippen LogP contribution in [0.2, 0.25) is 5.02 Å². The summed E-state index contributed by atoms with van der Waals surface area (Å²) in [5.74, 6) is 0.365. The van der Waals surface area contributed by atoms with Crippen LogP contribution in [0.4, 0.5) is 0 Å². The molecular weight excluding hydrogens is 360 g/mol. The van der Waals surface area contributed by atoms with E-state index in [0.717, 1.165) is 34.6 Å². The van der Waals surface area contributed by atoms with E-state index in [1.54, 1.807) is 0 Å². The Balaban J connectivity index is 1.43. The van der Waals surface area contributed by atoms with Crippen LogP contribution >= 0.6 is 11.6 Å². The molecule has 1 aliphatic rings. The molecule has 2 heterocycles. The molecule has 0 radical (unpaired) electrons. The maximum absolute atomic E-state index is 12.5. The van der Waals surface area contributed by atoms with Gasteiger partial charge in [-0.25, -0.2) is 0 Å². The predicted octanol–water partition coefficient (Wildman–Crippen LogP) is 4.70. The number of halogens is 1. The van der Waals surface area contributed by atoms with Crippen molar-refractivity contribution >= 4 is 28.4 Å². The number of furan rings is 1. The molecule has 0 spiro atoms. The molecule has 0 bridgehead atoms. The monoisotopic (exact) mass is 382 g/mol. The molecule has 0 amide bonds. The SMILES string of the molecule is O=C(CNCC(c1ccccc1Cl)N1CCCC1)c1cc2ccccc2o1. The molecule has 1 saturated heterocycles. The van der Waals surface area contributed by atoms with E-state index >= 15 is 0 Å². The van der Waals surface area contributed by atoms with Crippen molar-refractivity contribution in [1.82, 2.24) is 10.2 Å². The summed E-state index contributed by atoms with van der Waals surface area (Å²) in [6.45, 7) is 3.05. The van der Waals surface area contributed by atoms with Crippen LogP contribution in [0.15, 0.2) is 59.0 Å². The van der Waals surface area contributed by atoms with Crippen molar-refractivity contribution in [2.24, 2.45) is 0 Å². The lowest BCUT2D eigenvalue weighted by atomic mass is 10.1. The molecule has 1 aromatic heterocycles. The van der Waals surface area contributed by atoms with Crippen molar-refractivity contribution in [1.29, 1.82) is 0 Å². The summed E-state index contributed by atoms with van der Waals surface area (Å²) >= 11 is 6.44. The van der Waals surface area contributed by atoms with Gasteiger partial charge in [0.2, 0.25) is 5.78 Å². The Kier molecular flexibility index (Phi) is 5.58. The van der Waals surface area contributed by atoms with Crippen LogP contribution < -0.4 is 5.32 Å². The summed E-state index contributed by atoms with van der Waals surface area (Å²) in [6, 6.07) is 17.6. The van der Waals surface area contributed by atoms with Crippen LogP contribution in [-0.4, -0.2) is 36.9 Å². The molecule has 1 fully saturated rings. The number of hydrogen-bond donors (Lipinski definition) is 1. The van der Waals surface area contributed by atoms with Crippen LogP contribution in [0.5, 0.6) is 0 Å². The first kappa shape index (κ1) is 18.2. The Labute approximate surface area is 164 Å². The molecule has 1 aliphatic heterocycles. The van der Waals surface area contributed by atoms with Gasteiger partial charge in [-0.2, -0.15) is 0 Å². The van der Waals surface area contributed by atoms with E-state index in [9.17, 15) is 4.79 Å². The molecule has 27 heavy (non-hydrogen) atoms. The summed E-state index contributed by atoms with van der Waals surface area (Å²) in [5.41, 5.74) is 1.86. The number of ketones is 1. The van der Waals surface area contributed by atoms with Gasteiger partial charge < -0.3 is 9.73 Å². The van der Waals surface area contributed by atoms with Gasteiger partial charge in [-0.05, 0) is 49.7 Å². The van der Waals surface area contributed by atoms with Crippen LogP contribution in [0.1, 0.15) is 35.0 Å². The lowest BCUT2D eigenvalue weighted by molar-refractivity contribution is 0.0963. The predicted molar refractivity (Wildman–Crippen MR) is 108 cm³/mol. The number of fused-ring (bicyclic) bond motifs is 1. The molecule has 4 rings (SSSR count). The molecule has 5 heteroatoms. The third-order valence-electron chi connectivity index (χ3n) is 5.17. The van der Waals surface area contributed by atoms with Crippen molar-refractivity contribution < 1.29 is 9.21 Å². The summed E-state index contributed by atoms with van der Waals surface area (Å²) in [6.07, 6.45) is 2.41. The van der Waals surface area contributed by atoms with E-state index in [0.29, 0.717) is 12.3 Å². The Morgan fingerprint density at radius 1 is 1.11 bits per heavy atom. The third kappa shape index (κ3) is 4.08. The molecule has 1 unspecified atom stereocenters. The van der Waals surface area contributed by atoms with Crippen LogP contribution in [-0.2, 0) is 0 Å². The lowest BCUT2D eigenvalue weighted by Gasteiger charge is -2.29. The molecule has 4 nitrogen and oxygen atoms in total. The third-order valence-corrected chi connectivity index (χ3v) is 5.51. The van der Waals surface area contributed by atoms with E-state index in [2.05, 4.69) is 16.3 Å². The number of Topliss-reactive ketones (excluding diaryl/α,β-unsaturated/α-hetero) is 1. The normalized spacial score (nSPS) is 16.0. The highest BCUT2D eigenvalue weighted by Crippen LogP contribution is 2.29. The number of nitrogens with zero attached hydrogens (tertiary/aromatic N) is 1. The van der Waals surface area contributed by atoms with Gasteiger partial charge in [0, 0.05) is 23.0 Å². The zero-order chi connectivity index (χ0) is 18.6. The minimum absolute atomic E-state index is 0.0365. The van der Waals surface area contributed by atoms with E-state index in [-0.39, 0.29) is 18.4 Å². The maximum Gasteiger partial charge on any atom is 0.211 e. The first-order chi connectivity index (χ1) is 13.2. The minimum Gasteiger partial charge on any atom is -0.453 e. The highest BCUT2D eigenvalue weighted by molar-refractivity contribution is 6.31. The topological polar surface area (TPSA) is 45.5 Å². The van der Waals surface area contributed by atoms with Crippen molar-refractivity contribution in [3.05, 3.63) is 70.9 Å². The fourth-order valence-electron chi connectivity index (χ4n) is 3.76. The average molecular weight is 383 g/mol. The van der Waals surface area contributed by atoms with Crippen LogP contribution in [0.25, 0.3) is 11.0 Å². The van der Waals surface area contributed by atoms with Gasteiger partial charge in [0.25, 0.3) is 0 Å². The van der Waals surface area contributed by atoms with E-state index in [4.69, 9.17) is 16.0 Å². The van der Waals surface area contributed by atoms with Crippen LogP contribution in [0.3, 0.4) is 0 Å². The van der Waals surface area contributed by atoms with Crippen molar-refractivity contribution in [2.75, 3.05) is 26.2 Å². The van der Waals surface area contributed by atoms with E-state index < -0.39 is 0 Å². The summed E-state index contributed by atoms with van der Waals surface area (Å²) in [7, 11) is 0. The molecule has 1 N–H and O–H groups in total. The van der Waals surface area contributed by atoms with E-state index in [1.807, 2.05) is 48.5 Å². The summed E-state index contributed by atoms with van der Waals surface area (Å²) in [4.78, 5) is 15.0. The average Bonchev–Trinajstić information content (AvgIpc) is 3.35. The Morgan fingerprint density at radius 3 is 2.63 bits per heavy atom.